The van der Waals surface area contributed by atoms with Gasteiger partial charge in [0.15, 0.2) is 0 Å². The number of hydrogen-bond acceptors (Lipinski definition) is 4. The zero-order valence-corrected chi connectivity index (χ0v) is 11.2. The van der Waals surface area contributed by atoms with Crippen molar-refractivity contribution in [2.75, 3.05) is 14.1 Å². The molecule has 2 rings (SSSR count). The highest BCUT2D eigenvalue weighted by molar-refractivity contribution is 6.30. The molecule has 0 saturated carbocycles. The van der Waals surface area contributed by atoms with E-state index in [2.05, 4.69) is 5.10 Å². The first-order chi connectivity index (χ1) is 8.82. The second-order valence-corrected chi connectivity index (χ2v) is 4.41. The van der Waals surface area contributed by atoms with Gasteiger partial charge in [-0.25, -0.2) is 4.79 Å². The summed E-state index contributed by atoms with van der Waals surface area (Å²) >= 11 is 0. The summed E-state index contributed by atoms with van der Waals surface area (Å²) < 4.78 is 1.60. The van der Waals surface area contributed by atoms with E-state index in [1.165, 1.54) is 20.2 Å². The maximum Gasteiger partial charge on any atom is 0.333 e. The first-order valence-electron chi connectivity index (χ1n) is 5.65. The predicted molar refractivity (Wildman–Crippen MR) is 66.9 cm³/mol. The molecule has 0 unspecified atom stereocenters. The van der Waals surface area contributed by atoms with E-state index in [-0.39, 0.29) is 5.57 Å². The highest BCUT2D eigenvalue weighted by Crippen LogP contribution is 2.18. The number of urea groups is 1. The van der Waals surface area contributed by atoms with E-state index < -0.39 is 17.8 Å². The Morgan fingerprint density at radius 2 is 1.58 bits per heavy atom. The van der Waals surface area contributed by atoms with E-state index in [1.54, 1.807) is 24.9 Å². The van der Waals surface area contributed by atoms with Gasteiger partial charge in [0.25, 0.3) is 11.8 Å². The zero-order valence-electron chi connectivity index (χ0n) is 11.2. The van der Waals surface area contributed by atoms with Crippen LogP contribution in [-0.2, 0) is 16.6 Å². The molecule has 1 aliphatic heterocycles. The lowest BCUT2D eigenvalue weighted by Gasteiger charge is -2.28. The Hall–Kier alpha value is -2.44. The van der Waals surface area contributed by atoms with Crippen LogP contribution in [0.3, 0.4) is 0 Å². The van der Waals surface area contributed by atoms with E-state index in [9.17, 15) is 14.4 Å². The van der Waals surface area contributed by atoms with Gasteiger partial charge in [0, 0.05) is 32.9 Å². The molecule has 0 N–H and O–H groups in total. The van der Waals surface area contributed by atoms with Gasteiger partial charge in [0.2, 0.25) is 0 Å². The van der Waals surface area contributed by atoms with E-state index in [0.29, 0.717) is 11.3 Å². The number of carbonyl (C=O) groups excluding carboxylic acids is 3. The molecule has 2 heterocycles. The number of likely N-dealkylation sites (N-methyl/N-ethyl adjacent to an activating group) is 2. The van der Waals surface area contributed by atoms with Gasteiger partial charge in [-0.05, 0) is 13.0 Å². The summed E-state index contributed by atoms with van der Waals surface area (Å²) in [6.07, 6.45) is 3.17. The number of amides is 4. The highest BCUT2D eigenvalue weighted by Gasteiger charge is 2.37. The smallest absolute Gasteiger partial charge is 0.275 e. The third-order valence-electron chi connectivity index (χ3n) is 3.00. The van der Waals surface area contributed by atoms with E-state index >= 15 is 0 Å². The van der Waals surface area contributed by atoms with Crippen molar-refractivity contribution in [2.45, 2.75) is 6.92 Å². The lowest BCUT2D eigenvalue weighted by molar-refractivity contribution is -0.134. The van der Waals surface area contributed by atoms with Crippen LogP contribution in [0.1, 0.15) is 11.3 Å². The first-order valence-corrected chi connectivity index (χ1v) is 5.65. The van der Waals surface area contributed by atoms with Crippen molar-refractivity contribution in [3.8, 4) is 0 Å². The van der Waals surface area contributed by atoms with Crippen LogP contribution < -0.4 is 0 Å². The summed E-state index contributed by atoms with van der Waals surface area (Å²) in [5.41, 5.74) is 1.34. The monoisotopic (exact) mass is 262 g/mol. The molecule has 4 amide bonds. The van der Waals surface area contributed by atoms with Crippen molar-refractivity contribution in [1.82, 2.24) is 19.6 Å². The zero-order chi connectivity index (χ0) is 14.3. The third kappa shape index (κ3) is 2.03. The minimum absolute atomic E-state index is 0.0410. The number of barbiturate groups is 1. The van der Waals surface area contributed by atoms with Gasteiger partial charge in [-0.15, -0.1) is 0 Å². The second kappa shape index (κ2) is 4.34. The molecule has 100 valence electrons. The Labute approximate surface area is 110 Å². The fourth-order valence-corrected chi connectivity index (χ4v) is 1.89. The normalized spacial score (nSPS) is 16.4. The Morgan fingerprint density at radius 1 is 1.05 bits per heavy atom. The number of aryl methyl sites for hydroxylation is 2. The van der Waals surface area contributed by atoms with Crippen LogP contribution in [0.2, 0.25) is 0 Å². The molecule has 19 heavy (non-hydrogen) atoms. The van der Waals surface area contributed by atoms with E-state index in [4.69, 9.17) is 0 Å². The maximum absolute atomic E-state index is 12.0. The highest BCUT2D eigenvalue weighted by atomic mass is 16.2. The molecule has 7 heteroatoms. The average Bonchev–Trinajstić information content (AvgIpc) is 2.68. The molecule has 0 aliphatic carbocycles. The summed E-state index contributed by atoms with van der Waals surface area (Å²) in [6, 6.07) is -0.630. The topological polar surface area (TPSA) is 75.5 Å². The number of aromatic nitrogens is 2. The van der Waals surface area contributed by atoms with Crippen molar-refractivity contribution >= 4 is 23.9 Å². The van der Waals surface area contributed by atoms with Gasteiger partial charge in [0.1, 0.15) is 5.57 Å². The molecule has 1 fully saturated rings. The van der Waals surface area contributed by atoms with Crippen LogP contribution in [-0.4, -0.2) is 51.5 Å². The minimum atomic E-state index is -0.630. The number of rotatable bonds is 1. The molecule has 1 aliphatic rings. The quantitative estimate of drug-likeness (QED) is 0.534. The molecule has 7 nitrogen and oxygen atoms in total. The molecule has 0 bridgehead atoms. The molecule has 0 aromatic carbocycles. The van der Waals surface area contributed by atoms with E-state index in [1.807, 2.05) is 0 Å². The Morgan fingerprint density at radius 3 is 2.00 bits per heavy atom. The lowest BCUT2D eigenvalue weighted by atomic mass is 10.1. The lowest BCUT2D eigenvalue weighted by Crippen LogP contribution is -2.52. The molecular formula is C12H14N4O3. The van der Waals surface area contributed by atoms with Gasteiger partial charge >= 0.3 is 6.03 Å². The van der Waals surface area contributed by atoms with Crippen molar-refractivity contribution < 1.29 is 14.4 Å². The molecular weight excluding hydrogens is 248 g/mol. The van der Waals surface area contributed by atoms with Crippen LogP contribution in [0.5, 0.6) is 0 Å². The third-order valence-corrected chi connectivity index (χ3v) is 3.00. The minimum Gasteiger partial charge on any atom is -0.275 e. The Balaban J connectivity index is 2.48. The van der Waals surface area contributed by atoms with Crippen molar-refractivity contribution in [2.24, 2.45) is 7.05 Å². The Kier molecular flexibility index (Phi) is 2.97. The van der Waals surface area contributed by atoms with Crippen LogP contribution in [0, 0.1) is 6.92 Å². The number of carbonyl (C=O) groups is 3. The predicted octanol–water partition coefficient (Wildman–Crippen LogP) is 0.162. The van der Waals surface area contributed by atoms with Crippen molar-refractivity contribution in [3.63, 3.8) is 0 Å². The standard InChI is InChI=1S/C12H14N4O3/c1-7-8(6-14(2)13-7)5-9-10(17)15(3)12(19)16(4)11(9)18/h5-6H,1-4H3. The number of imide groups is 2. The largest absolute Gasteiger partial charge is 0.333 e. The Bertz CT molecular complexity index is 588. The summed E-state index contributed by atoms with van der Waals surface area (Å²) in [6.45, 7) is 1.78. The van der Waals surface area contributed by atoms with Gasteiger partial charge < -0.3 is 0 Å². The molecule has 1 aromatic heterocycles. The summed E-state index contributed by atoms with van der Waals surface area (Å²) in [5, 5.41) is 4.13. The van der Waals surface area contributed by atoms with E-state index in [0.717, 1.165) is 9.80 Å². The van der Waals surface area contributed by atoms with Crippen molar-refractivity contribution in [3.05, 3.63) is 23.0 Å². The van der Waals surface area contributed by atoms with Gasteiger partial charge in [-0.2, -0.15) is 5.10 Å². The molecule has 1 saturated heterocycles. The molecule has 0 radical (unpaired) electrons. The number of hydrogen-bond donors (Lipinski definition) is 0. The summed E-state index contributed by atoms with van der Waals surface area (Å²) in [7, 11) is 4.44. The summed E-state index contributed by atoms with van der Waals surface area (Å²) in [5.74, 6) is -1.20. The fraction of sp³-hybridized carbons (Fsp3) is 0.333. The van der Waals surface area contributed by atoms with Crippen LogP contribution >= 0.6 is 0 Å². The summed E-state index contributed by atoms with van der Waals surface area (Å²) in [4.78, 5) is 37.4. The first kappa shape index (κ1) is 13.0. The second-order valence-electron chi connectivity index (χ2n) is 4.41. The van der Waals surface area contributed by atoms with Gasteiger partial charge in [-0.1, -0.05) is 0 Å². The molecule has 1 aromatic rings. The van der Waals surface area contributed by atoms with Crippen LogP contribution in [0.25, 0.3) is 6.08 Å². The molecule has 0 atom stereocenters. The fourth-order valence-electron chi connectivity index (χ4n) is 1.89. The molecule has 0 spiro atoms. The average molecular weight is 262 g/mol. The van der Waals surface area contributed by atoms with Gasteiger partial charge in [0.05, 0.1) is 5.69 Å². The van der Waals surface area contributed by atoms with Crippen LogP contribution in [0.4, 0.5) is 4.79 Å². The number of nitrogens with zero attached hydrogens (tertiary/aromatic N) is 4. The maximum atomic E-state index is 12.0. The van der Waals surface area contributed by atoms with Crippen molar-refractivity contribution in [1.29, 1.82) is 0 Å². The van der Waals surface area contributed by atoms with Gasteiger partial charge in [-0.3, -0.25) is 24.1 Å². The SMILES string of the molecule is Cc1nn(C)cc1C=C1C(=O)N(C)C(=O)N(C)C1=O. The van der Waals surface area contributed by atoms with Crippen LogP contribution in [0.15, 0.2) is 11.8 Å².